The molecule has 0 aromatic heterocycles. The molecule has 6 nitrogen and oxygen atoms in total. The zero-order chi connectivity index (χ0) is 17.8. The zero-order valence-corrected chi connectivity index (χ0v) is 13.7. The highest BCUT2D eigenvalue weighted by molar-refractivity contribution is 5.83. The van der Waals surface area contributed by atoms with Crippen molar-refractivity contribution < 1.29 is 24.2 Å². The molecule has 3 rings (SSSR count). The maximum atomic E-state index is 12.6. The fraction of sp³-hybridized carbons (Fsp3) is 0.263. The van der Waals surface area contributed by atoms with Crippen molar-refractivity contribution in [2.75, 3.05) is 6.61 Å². The summed E-state index contributed by atoms with van der Waals surface area (Å²) in [5, 5.41) is 12.2. The third kappa shape index (κ3) is 3.74. The maximum absolute atomic E-state index is 12.6. The van der Waals surface area contributed by atoms with Gasteiger partial charge in [-0.05, 0) is 24.6 Å². The number of carbonyl (C=O) groups excluding carboxylic acids is 1. The van der Waals surface area contributed by atoms with Crippen LogP contribution in [0.5, 0.6) is 11.5 Å². The van der Waals surface area contributed by atoms with Gasteiger partial charge in [0.25, 0.3) is 5.91 Å². The number of hydrogen-bond donors (Lipinski definition) is 2. The van der Waals surface area contributed by atoms with Crippen molar-refractivity contribution >= 4 is 11.9 Å². The Labute approximate surface area is 145 Å². The van der Waals surface area contributed by atoms with Crippen LogP contribution in [0.15, 0.2) is 54.6 Å². The van der Waals surface area contributed by atoms with E-state index in [1.54, 1.807) is 49.4 Å². The van der Waals surface area contributed by atoms with Crippen LogP contribution in [0.1, 0.15) is 18.5 Å². The molecule has 1 heterocycles. The van der Waals surface area contributed by atoms with Crippen LogP contribution in [-0.4, -0.2) is 29.7 Å². The van der Waals surface area contributed by atoms with Crippen molar-refractivity contribution in [3.8, 4) is 11.5 Å². The Morgan fingerprint density at radius 3 is 2.40 bits per heavy atom. The van der Waals surface area contributed by atoms with Gasteiger partial charge in [-0.2, -0.15) is 0 Å². The third-order valence-electron chi connectivity index (χ3n) is 4.15. The first-order chi connectivity index (χ1) is 12.1. The molecule has 130 valence electrons. The standard InChI is InChI=1S/C19H19NO5/c1-12(19(22)23)17(13-7-3-2-4-8-13)20-18(21)16-11-24-14-9-5-6-10-15(14)25-16/h2-10,12,16-17H,11H2,1H3,(H,20,21)(H,22,23). The lowest BCUT2D eigenvalue weighted by Gasteiger charge is -2.29. The maximum Gasteiger partial charge on any atom is 0.308 e. The summed E-state index contributed by atoms with van der Waals surface area (Å²) >= 11 is 0. The lowest BCUT2D eigenvalue weighted by molar-refractivity contribution is -0.143. The van der Waals surface area contributed by atoms with Crippen molar-refractivity contribution in [2.24, 2.45) is 5.92 Å². The molecule has 1 amide bonds. The molecule has 3 atom stereocenters. The van der Waals surface area contributed by atoms with E-state index in [-0.39, 0.29) is 6.61 Å². The summed E-state index contributed by atoms with van der Waals surface area (Å²) < 4.78 is 11.2. The summed E-state index contributed by atoms with van der Waals surface area (Å²) in [6.07, 6.45) is -0.831. The average molecular weight is 341 g/mol. The quantitative estimate of drug-likeness (QED) is 0.872. The molecule has 1 aliphatic heterocycles. The Bertz CT molecular complexity index is 761. The smallest absolute Gasteiger partial charge is 0.308 e. The van der Waals surface area contributed by atoms with E-state index in [0.717, 1.165) is 5.56 Å². The third-order valence-corrected chi connectivity index (χ3v) is 4.15. The monoisotopic (exact) mass is 341 g/mol. The number of benzene rings is 2. The number of ether oxygens (including phenoxy) is 2. The summed E-state index contributed by atoms with van der Waals surface area (Å²) in [6, 6.07) is 15.5. The Hall–Kier alpha value is -3.02. The molecule has 2 aromatic rings. The Kier molecular flexibility index (Phi) is 4.88. The molecule has 0 aliphatic carbocycles. The van der Waals surface area contributed by atoms with E-state index in [4.69, 9.17) is 9.47 Å². The number of carboxylic acids is 1. The largest absolute Gasteiger partial charge is 0.485 e. The first-order valence-electron chi connectivity index (χ1n) is 8.03. The van der Waals surface area contributed by atoms with Gasteiger partial charge in [0.05, 0.1) is 12.0 Å². The van der Waals surface area contributed by atoms with Crippen molar-refractivity contribution in [3.63, 3.8) is 0 Å². The topological polar surface area (TPSA) is 84.9 Å². The molecule has 0 fully saturated rings. The van der Waals surface area contributed by atoms with Gasteiger partial charge in [0, 0.05) is 0 Å². The molecule has 2 N–H and O–H groups in total. The second kappa shape index (κ2) is 7.25. The first kappa shape index (κ1) is 16.8. The predicted octanol–water partition coefficient (Wildman–Crippen LogP) is 2.40. The summed E-state index contributed by atoms with van der Waals surface area (Å²) in [5.74, 6) is -1.10. The van der Waals surface area contributed by atoms with Gasteiger partial charge < -0.3 is 19.9 Å². The number of hydrogen-bond acceptors (Lipinski definition) is 4. The molecule has 0 saturated heterocycles. The van der Waals surface area contributed by atoms with Crippen molar-refractivity contribution in [2.45, 2.75) is 19.1 Å². The molecular formula is C19H19NO5. The van der Waals surface area contributed by atoms with Crippen LogP contribution in [0, 0.1) is 5.92 Å². The first-order valence-corrected chi connectivity index (χ1v) is 8.03. The second-order valence-corrected chi connectivity index (χ2v) is 5.89. The fourth-order valence-corrected chi connectivity index (χ4v) is 2.69. The molecule has 0 radical (unpaired) electrons. The van der Waals surface area contributed by atoms with E-state index in [1.165, 1.54) is 0 Å². The number of para-hydroxylation sites is 2. The molecule has 0 spiro atoms. The Balaban J connectivity index is 1.76. The molecule has 2 aromatic carbocycles. The number of fused-ring (bicyclic) bond motifs is 1. The molecule has 3 unspecified atom stereocenters. The minimum atomic E-state index is -0.986. The zero-order valence-electron chi connectivity index (χ0n) is 13.7. The highest BCUT2D eigenvalue weighted by atomic mass is 16.6. The van der Waals surface area contributed by atoms with E-state index in [0.29, 0.717) is 11.5 Å². The normalized spacial score (nSPS) is 18.0. The lowest BCUT2D eigenvalue weighted by atomic mass is 9.94. The van der Waals surface area contributed by atoms with Gasteiger partial charge in [-0.1, -0.05) is 42.5 Å². The van der Waals surface area contributed by atoms with Gasteiger partial charge in [0.15, 0.2) is 11.5 Å². The minimum absolute atomic E-state index is 0.0752. The number of aliphatic carboxylic acids is 1. The van der Waals surface area contributed by atoms with Crippen LogP contribution >= 0.6 is 0 Å². The van der Waals surface area contributed by atoms with Gasteiger partial charge in [0.1, 0.15) is 6.61 Å². The molecule has 0 bridgehead atoms. The summed E-state index contributed by atoms with van der Waals surface area (Å²) in [5.41, 5.74) is 0.725. The van der Waals surface area contributed by atoms with Crippen molar-refractivity contribution in [1.82, 2.24) is 5.32 Å². The number of rotatable bonds is 5. The van der Waals surface area contributed by atoms with Crippen molar-refractivity contribution in [3.05, 3.63) is 60.2 Å². The predicted molar refractivity (Wildman–Crippen MR) is 90.5 cm³/mol. The van der Waals surface area contributed by atoms with E-state index < -0.39 is 29.9 Å². The van der Waals surface area contributed by atoms with Crippen molar-refractivity contribution in [1.29, 1.82) is 0 Å². The summed E-state index contributed by atoms with van der Waals surface area (Å²) in [4.78, 5) is 24.0. The Morgan fingerprint density at radius 1 is 1.08 bits per heavy atom. The number of carboxylic acid groups (broad SMARTS) is 1. The molecule has 25 heavy (non-hydrogen) atoms. The number of nitrogens with one attached hydrogen (secondary N) is 1. The number of amides is 1. The molecule has 1 aliphatic rings. The summed E-state index contributed by atoms with van der Waals surface area (Å²) in [7, 11) is 0. The van der Waals surface area contributed by atoms with Gasteiger partial charge in [-0.25, -0.2) is 0 Å². The van der Waals surface area contributed by atoms with Crippen LogP contribution in [0.2, 0.25) is 0 Å². The highest BCUT2D eigenvalue weighted by Gasteiger charge is 2.32. The van der Waals surface area contributed by atoms with Crippen LogP contribution in [0.25, 0.3) is 0 Å². The molecule has 6 heteroatoms. The summed E-state index contributed by atoms with van der Waals surface area (Å²) in [6.45, 7) is 1.64. The van der Waals surface area contributed by atoms with E-state index >= 15 is 0 Å². The van der Waals surface area contributed by atoms with Gasteiger partial charge in [-0.15, -0.1) is 0 Å². The highest BCUT2D eigenvalue weighted by Crippen LogP contribution is 2.31. The fourth-order valence-electron chi connectivity index (χ4n) is 2.69. The van der Waals surface area contributed by atoms with E-state index in [1.807, 2.05) is 12.1 Å². The van der Waals surface area contributed by atoms with E-state index in [9.17, 15) is 14.7 Å². The second-order valence-electron chi connectivity index (χ2n) is 5.89. The van der Waals surface area contributed by atoms with E-state index in [2.05, 4.69) is 5.32 Å². The number of carbonyl (C=O) groups is 2. The van der Waals surface area contributed by atoms with Crippen LogP contribution in [0.4, 0.5) is 0 Å². The Morgan fingerprint density at radius 2 is 1.72 bits per heavy atom. The minimum Gasteiger partial charge on any atom is -0.485 e. The molecular weight excluding hydrogens is 322 g/mol. The van der Waals surface area contributed by atoms with Gasteiger partial charge in [0.2, 0.25) is 6.10 Å². The van der Waals surface area contributed by atoms with Gasteiger partial charge in [-0.3, -0.25) is 9.59 Å². The van der Waals surface area contributed by atoms with Crippen LogP contribution < -0.4 is 14.8 Å². The molecule has 0 saturated carbocycles. The van der Waals surface area contributed by atoms with Crippen LogP contribution in [-0.2, 0) is 9.59 Å². The SMILES string of the molecule is CC(C(=O)O)C(NC(=O)C1COc2ccccc2O1)c1ccccc1. The van der Waals surface area contributed by atoms with Crippen LogP contribution in [0.3, 0.4) is 0 Å². The van der Waals surface area contributed by atoms with Gasteiger partial charge >= 0.3 is 5.97 Å². The average Bonchev–Trinajstić information content (AvgIpc) is 2.65. The lowest BCUT2D eigenvalue weighted by Crippen LogP contribution is -2.47.